The van der Waals surface area contributed by atoms with Crippen molar-refractivity contribution in [2.45, 2.75) is 45.4 Å². The molecular formula is C23H26N4O2S2. The zero-order valence-electron chi connectivity index (χ0n) is 17.8. The van der Waals surface area contributed by atoms with Crippen molar-refractivity contribution in [3.63, 3.8) is 0 Å². The SMILES string of the molecule is CC(C)(C)c1ccc(-c2[nH]c3nccnc3c2CCCc2ccsc2NS(=O)O)cc1. The molecule has 0 radical (unpaired) electrons. The number of benzene rings is 1. The maximum atomic E-state index is 11.1. The van der Waals surface area contributed by atoms with E-state index < -0.39 is 11.3 Å². The lowest BCUT2D eigenvalue weighted by Gasteiger charge is -2.19. The number of thiophene rings is 1. The molecule has 4 aromatic rings. The first-order valence-corrected chi connectivity index (χ1v) is 12.2. The van der Waals surface area contributed by atoms with E-state index in [1.165, 1.54) is 16.9 Å². The van der Waals surface area contributed by atoms with Crippen LogP contribution in [0.5, 0.6) is 0 Å². The summed E-state index contributed by atoms with van der Waals surface area (Å²) in [5.74, 6) is 0. The van der Waals surface area contributed by atoms with Gasteiger partial charge in [0, 0.05) is 18.0 Å². The molecule has 162 valence electrons. The monoisotopic (exact) mass is 454 g/mol. The third kappa shape index (κ3) is 4.87. The third-order valence-corrected chi connectivity index (χ3v) is 6.75. The molecule has 0 aliphatic carbocycles. The fourth-order valence-electron chi connectivity index (χ4n) is 3.75. The van der Waals surface area contributed by atoms with Gasteiger partial charge in [0.1, 0.15) is 10.5 Å². The summed E-state index contributed by atoms with van der Waals surface area (Å²) in [5.41, 5.74) is 7.48. The highest BCUT2D eigenvalue weighted by Gasteiger charge is 2.17. The second kappa shape index (κ2) is 8.90. The summed E-state index contributed by atoms with van der Waals surface area (Å²) in [6, 6.07) is 10.7. The molecule has 6 nitrogen and oxygen atoms in total. The van der Waals surface area contributed by atoms with Crippen LogP contribution in [0.25, 0.3) is 22.4 Å². The molecule has 0 saturated carbocycles. The Morgan fingerprint density at radius 3 is 2.55 bits per heavy atom. The number of nitrogens with one attached hydrogen (secondary N) is 2. The van der Waals surface area contributed by atoms with Crippen LogP contribution in [0.3, 0.4) is 0 Å². The summed E-state index contributed by atoms with van der Waals surface area (Å²) >= 11 is -0.620. The van der Waals surface area contributed by atoms with Gasteiger partial charge in [-0.2, -0.15) is 0 Å². The summed E-state index contributed by atoms with van der Waals surface area (Å²) in [6.45, 7) is 6.64. The molecule has 0 spiro atoms. The molecule has 1 atom stereocenters. The quantitative estimate of drug-likeness (QED) is 0.312. The molecule has 4 rings (SSSR count). The average molecular weight is 455 g/mol. The number of rotatable bonds is 7. The van der Waals surface area contributed by atoms with Gasteiger partial charge in [0.05, 0.1) is 5.69 Å². The largest absolute Gasteiger partial charge is 0.338 e. The predicted molar refractivity (Wildman–Crippen MR) is 129 cm³/mol. The minimum atomic E-state index is -2.06. The number of nitrogens with zero attached hydrogens (tertiary/aromatic N) is 2. The topological polar surface area (TPSA) is 90.9 Å². The van der Waals surface area contributed by atoms with Crippen LogP contribution in [0.15, 0.2) is 48.1 Å². The van der Waals surface area contributed by atoms with Gasteiger partial charge in [-0.1, -0.05) is 45.0 Å². The fourth-order valence-corrected chi connectivity index (χ4v) is 5.13. The molecule has 0 amide bonds. The first kappa shape index (κ1) is 21.7. The Kier molecular flexibility index (Phi) is 6.22. The van der Waals surface area contributed by atoms with Gasteiger partial charge in [0.25, 0.3) is 11.3 Å². The first-order valence-electron chi connectivity index (χ1n) is 10.2. The van der Waals surface area contributed by atoms with Crippen molar-refractivity contribution in [2.75, 3.05) is 4.72 Å². The van der Waals surface area contributed by atoms with Crippen LogP contribution >= 0.6 is 11.3 Å². The second-order valence-electron chi connectivity index (χ2n) is 8.54. The van der Waals surface area contributed by atoms with Crippen molar-refractivity contribution in [1.82, 2.24) is 15.0 Å². The third-order valence-electron chi connectivity index (χ3n) is 5.37. The summed E-state index contributed by atoms with van der Waals surface area (Å²) in [7, 11) is 0. The van der Waals surface area contributed by atoms with Crippen LogP contribution in [-0.2, 0) is 29.5 Å². The minimum Gasteiger partial charge on any atom is -0.338 e. The molecule has 0 aliphatic rings. The number of aryl methyl sites for hydroxylation is 2. The molecule has 3 N–H and O–H groups in total. The molecule has 0 aliphatic heterocycles. The molecule has 0 saturated heterocycles. The van der Waals surface area contributed by atoms with Crippen molar-refractivity contribution < 1.29 is 8.76 Å². The van der Waals surface area contributed by atoms with Gasteiger partial charge in [-0.15, -0.1) is 11.3 Å². The molecule has 1 unspecified atom stereocenters. The maximum absolute atomic E-state index is 11.1. The highest BCUT2D eigenvalue weighted by atomic mass is 32.2. The Morgan fingerprint density at radius 1 is 1.10 bits per heavy atom. The number of aromatic nitrogens is 3. The molecule has 31 heavy (non-hydrogen) atoms. The highest BCUT2D eigenvalue weighted by molar-refractivity contribution is 7.80. The van der Waals surface area contributed by atoms with Crippen LogP contribution in [0.2, 0.25) is 0 Å². The van der Waals surface area contributed by atoms with Gasteiger partial charge >= 0.3 is 0 Å². The standard InChI is InChI=1S/C23H26N4O2S2/c1-23(2,3)17-9-7-15(8-10-17)19-18(20-21(26-19)25-13-12-24-20)6-4-5-16-11-14-30-22(16)27-31(28)29/h7-14,27H,4-6H2,1-3H3,(H,25,26)(H,28,29). The lowest BCUT2D eigenvalue weighted by atomic mass is 9.86. The number of H-pyrrole nitrogens is 1. The minimum absolute atomic E-state index is 0.107. The van der Waals surface area contributed by atoms with Crippen LogP contribution in [0.1, 0.15) is 43.9 Å². The Bertz CT molecular complexity index is 1210. The zero-order valence-corrected chi connectivity index (χ0v) is 19.4. The van der Waals surface area contributed by atoms with Gasteiger partial charge in [-0.3, -0.25) is 14.3 Å². The van der Waals surface area contributed by atoms with E-state index in [4.69, 9.17) is 4.55 Å². The molecule has 3 heterocycles. The van der Waals surface area contributed by atoms with E-state index in [2.05, 4.69) is 64.7 Å². The molecular weight excluding hydrogens is 428 g/mol. The normalized spacial score (nSPS) is 12.9. The lowest BCUT2D eigenvalue weighted by molar-refractivity contribution is 0.570. The smallest absolute Gasteiger partial charge is 0.259 e. The van der Waals surface area contributed by atoms with E-state index in [1.54, 1.807) is 12.4 Å². The van der Waals surface area contributed by atoms with Crippen molar-refractivity contribution in [2.24, 2.45) is 0 Å². The van der Waals surface area contributed by atoms with Crippen molar-refractivity contribution >= 4 is 38.8 Å². The number of hydrogen-bond donors (Lipinski definition) is 3. The van der Waals surface area contributed by atoms with E-state index in [9.17, 15) is 4.21 Å². The lowest BCUT2D eigenvalue weighted by Crippen LogP contribution is -2.10. The summed E-state index contributed by atoms with van der Waals surface area (Å²) in [6.07, 6.45) is 5.95. The van der Waals surface area contributed by atoms with Gasteiger partial charge in [-0.25, -0.2) is 9.19 Å². The van der Waals surface area contributed by atoms with Gasteiger partial charge in [-0.05, 0) is 52.8 Å². The predicted octanol–water partition coefficient (Wildman–Crippen LogP) is 5.71. The van der Waals surface area contributed by atoms with E-state index in [-0.39, 0.29) is 5.41 Å². The second-order valence-corrected chi connectivity index (χ2v) is 10.2. The molecule has 0 fully saturated rings. The number of fused-ring (bicyclic) bond motifs is 1. The summed E-state index contributed by atoms with van der Waals surface area (Å²) in [4.78, 5) is 12.5. The van der Waals surface area contributed by atoms with Crippen molar-refractivity contribution in [3.8, 4) is 11.3 Å². The van der Waals surface area contributed by atoms with Gasteiger partial charge in [0.2, 0.25) is 0 Å². The zero-order chi connectivity index (χ0) is 22.0. The van der Waals surface area contributed by atoms with Gasteiger partial charge in [0.15, 0.2) is 5.65 Å². The first-order chi connectivity index (χ1) is 14.8. The summed E-state index contributed by atoms with van der Waals surface area (Å²) in [5, 5.41) is 2.68. The van der Waals surface area contributed by atoms with E-state index in [1.807, 2.05) is 11.4 Å². The van der Waals surface area contributed by atoms with Gasteiger partial charge < -0.3 is 4.98 Å². The number of aromatic amines is 1. The summed E-state index contributed by atoms with van der Waals surface area (Å²) < 4.78 is 22.8. The Labute approximate surface area is 188 Å². The van der Waals surface area contributed by atoms with Crippen LogP contribution < -0.4 is 4.72 Å². The molecule has 8 heteroatoms. The van der Waals surface area contributed by atoms with Crippen LogP contribution in [-0.4, -0.2) is 23.7 Å². The van der Waals surface area contributed by atoms with Crippen molar-refractivity contribution in [3.05, 3.63) is 64.8 Å². The van der Waals surface area contributed by atoms with E-state index in [0.29, 0.717) is 0 Å². The Hall–Kier alpha value is -2.55. The van der Waals surface area contributed by atoms with E-state index in [0.717, 1.165) is 57.8 Å². The maximum Gasteiger partial charge on any atom is 0.259 e. The van der Waals surface area contributed by atoms with Crippen LogP contribution in [0.4, 0.5) is 5.00 Å². The van der Waals surface area contributed by atoms with Crippen LogP contribution in [0, 0.1) is 0 Å². The number of hydrogen-bond acceptors (Lipinski definition) is 4. The highest BCUT2D eigenvalue weighted by Crippen LogP contribution is 2.32. The Balaban J connectivity index is 1.60. The number of anilines is 1. The molecule has 3 aromatic heterocycles. The fraction of sp³-hybridized carbons (Fsp3) is 0.304. The molecule has 1 aromatic carbocycles. The van der Waals surface area contributed by atoms with E-state index >= 15 is 0 Å². The average Bonchev–Trinajstić information content (AvgIpc) is 3.32. The molecule has 0 bridgehead atoms. The van der Waals surface area contributed by atoms with Crippen molar-refractivity contribution in [1.29, 1.82) is 0 Å². The Morgan fingerprint density at radius 2 is 1.84 bits per heavy atom.